The Morgan fingerprint density at radius 3 is 2.69 bits per heavy atom. The van der Waals surface area contributed by atoms with Gasteiger partial charge in [-0.05, 0) is 55.5 Å². The Hall–Kier alpha value is -3.20. The molecule has 36 heavy (non-hydrogen) atoms. The fourth-order valence-corrected chi connectivity index (χ4v) is 6.71. The van der Waals surface area contributed by atoms with Crippen LogP contribution >= 0.6 is 11.8 Å². The van der Waals surface area contributed by atoms with Crippen LogP contribution in [0, 0.1) is 11.6 Å². The van der Waals surface area contributed by atoms with Crippen molar-refractivity contribution in [3.05, 3.63) is 64.6 Å². The first-order valence-corrected chi connectivity index (χ1v) is 13.2. The second-order valence-corrected chi connectivity index (χ2v) is 10.8. The van der Waals surface area contributed by atoms with Crippen LogP contribution < -0.4 is 10.6 Å². The molecule has 3 aromatic rings. The number of hydrogen-bond donors (Lipinski definition) is 0. The van der Waals surface area contributed by atoms with Crippen LogP contribution in [-0.2, 0) is 11.3 Å². The Kier molecular flexibility index (Phi) is 5.63. The summed E-state index contributed by atoms with van der Waals surface area (Å²) in [5.74, 6) is 0.258. The summed E-state index contributed by atoms with van der Waals surface area (Å²) < 4.78 is 30.5. The molecule has 9 heteroatoms. The van der Waals surface area contributed by atoms with Crippen molar-refractivity contribution in [3.63, 3.8) is 0 Å². The molecule has 2 aliphatic heterocycles. The van der Waals surface area contributed by atoms with Crippen LogP contribution in [0.25, 0.3) is 22.0 Å². The van der Waals surface area contributed by atoms with Crippen molar-refractivity contribution in [3.8, 4) is 11.1 Å². The molecule has 0 bridgehead atoms. The molecule has 1 amide bonds. The smallest absolute Gasteiger partial charge is 0.350 e. The minimum atomic E-state index is -0.613. The summed E-state index contributed by atoms with van der Waals surface area (Å²) in [6.07, 6.45) is 3.34. The summed E-state index contributed by atoms with van der Waals surface area (Å²) in [6, 6.07) is 5.74. The molecule has 0 N–H and O–H groups in total. The molecule has 0 spiro atoms. The van der Waals surface area contributed by atoms with Crippen molar-refractivity contribution in [2.45, 2.75) is 43.2 Å². The van der Waals surface area contributed by atoms with Gasteiger partial charge < -0.3 is 9.80 Å². The lowest BCUT2D eigenvalue weighted by atomic mass is 9.93. The van der Waals surface area contributed by atoms with Gasteiger partial charge in [0.1, 0.15) is 17.5 Å². The molecule has 1 aliphatic carbocycles. The van der Waals surface area contributed by atoms with Crippen molar-refractivity contribution < 1.29 is 13.6 Å². The van der Waals surface area contributed by atoms with E-state index in [9.17, 15) is 14.0 Å². The van der Waals surface area contributed by atoms with Gasteiger partial charge in [0.15, 0.2) is 0 Å². The maximum absolute atomic E-state index is 15.1. The number of aromatic nitrogens is 2. The Morgan fingerprint density at radius 2 is 2.00 bits per heavy atom. The number of nitrogens with zero attached hydrogens (tertiary/aromatic N) is 4. The predicted octanol–water partition coefficient (Wildman–Crippen LogP) is 4.55. The summed E-state index contributed by atoms with van der Waals surface area (Å²) in [4.78, 5) is 34.7. The first-order valence-electron chi connectivity index (χ1n) is 12.2. The molecule has 6 rings (SSSR count). The van der Waals surface area contributed by atoms with Gasteiger partial charge in [-0.2, -0.15) is 4.98 Å². The molecule has 3 aliphatic rings. The van der Waals surface area contributed by atoms with E-state index in [2.05, 4.69) is 22.5 Å². The molecule has 0 radical (unpaired) electrons. The Bertz CT molecular complexity index is 1480. The third-order valence-electron chi connectivity index (χ3n) is 7.39. The van der Waals surface area contributed by atoms with E-state index >= 15 is 4.39 Å². The van der Waals surface area contributed by atoms with Crippen molar-refractivity contribution in [1.29, 1.82) is 0 Å². The second kappa shape index (κ2) is 8.73. The summed E-state index contributed by atoms with van der Waals surface area (Å²) in [7, 11) is 0. The number of piperazine rings is 1. The number of hydrogen-bond acceptors (Lipinski definition) is 5. The highest BCUT2D eigenvalue weighted by Crippen LogP contribution is 2.51. The van der Waals surface area contributed by atoms with E-state index in [4.69, 9.17) is 0 Å². The number of rotatable bonds is 4. The van der Waals surface area contributed by atoms with Gasteiger partial charge in [-0.25, -0.2) is 13.6 Å². The molecular weight excluding hydrogens is 482 g/mol. The summed E-state index contributed by atoms with van der Waals surface area (Å²) in [6.45, 7) is 7.69. The normalized spacial score (nSPS) is 19.6. The Balaban J connectivity index is 1.58. The third-order valence-corrected chi connectivity index (χ3v) is 8.47. The first kappa shape index (κ1) is 23.2. The summed E-state index contributed by atoms with van der Waals surface area (Å²) in [5, 5.41) is 0.875. The molecule has 1 saturated carbocycles. The van der Waals surface area contributed by atoms with Gasteiger partial charge in [0, 0.05) is 65.4 Å². The minimum Gasteiger partial charge on any atom is -0.350 e. The number of thioether (sulfide) groups is 1. The highest BCUT2D eigenvalue weighted by molar-refractivity contribution is 7.99. The van der Waals surface area contributed by atoms with Gasteiger partial charge >= 0.3 is 5.69 Å². The van der Waals surface area contributed by atoms with E-state index < -0.39 is 11.6 Å². The van der Waals surface area contributed by atoms with E-state index in [-0.39, 0.29) is 17.6 Å². The van der Waals surface area contributed by atoms with Crippen molar-refractivity contribution in [1.82, 2.24) is 14.5 Å². The van der Waals surface area contributed by atoms with E-state index in [1.54, 1.807) is 21.2 Å². The Morgan fingerprint density at radius 1 is 1.19 bits per heavy atom. The molecule has 1 atom stereocenters. The first-order chi connectivity index (χ1) is 17.4. The third kappa shape index (κ3) is 3.72. The standard InChI is InChI=1S/C27H26F2N4O2S/c1-3-22(34)31-8-9-32(15(2)14-31)26-20-13-19(16-4-5-16)23(18-7-6-17(28)12-21(18)29)25-24(20)33(10-11-36-25)27(35)30-26/h3,6-7,12-13,15-16H,1,4-5,8-11,14H2,2H3/t15-/m0/s1. The van der Waals surface area contributed by atoms with E-state index in [0.717, 1.165) is 45.8 Å². The van der Waals surface area contributed by atoms with Gasteiger partial charge in [-0.1, -0.05) is 6.58 Å². The quantitative estimate of drug-likeness (QED) is 0.484. The van der Waals surface area contributed by atoms with E-state index in [0.29, 0.717) is 49.2 Å². The van der Waals surface area contributed by atoms with Crippen LogP contribution in [0.2, 0.25) is 0 Å². The fraction of sp³-hybridized carbons (Fsp3) is 0.370. The highest BCUT2D eigenvalue weighted by atomic mass is 32.2. The number of amides is 1. The average Bonchev–Trinajstić information content (AvgIpc) is 3.71. The highest BCUT2D eigenvalue weighted by Gasteiger charge is 2.35. The van der Waals surface area contributed by atoms with Crippen molar-refractivity contribution in [2.24, 2.45) is 0 Å². The molecule has 3 heterocycles. The summed E-state index contributed by atoms with van der Waals surface area (Å²) >= 11 is 1.62. The lowest BCUT2D eigenvalue weighted by molar-refractivity contribution is -0.126. The molecule has 2 aromatic carbocycles. The maximum atomic E-state index is 15.1. The molecule has 186 valence electrons. The zero-order chi connectivity index (χ0) is 25.1. The number of benzene rings is 2. The molecule has 1 aromatic heterocycles. The van der Waals surface area contributed by atoms with Crippen LogP contribution in [0.15, 0.2) is 46.6 Å². The predicted molar refractivity (Wildman–Crippen MR) is 138 cm³/mol. The molecule has 0 unspecified atom stereocenters. The average molecular weight is 509 g/mol. The van der Waals surface area contributed by atoms with Gasteiger partial charge in [0.05, 0.1) is 5.52 Å². The molecule has 1 saturated heterocycles. The number of aryl methyl sites for hydroxylation is 1. The second-order valence-electron chi connectivity index (χ2n) is 9.71. The molecule has 2 fully saturated rings. The lowest BCUT2D eigenvalue weighted by Gasteiger charge is -2.41. The van der Waals surface area contributed by atoms with Crippen LogP contribution in [-0.4, -0.2) is 51.8 Å². The van der Waals surface area contributed by atoms with Gasteiger partial charge in [0.2, 0.25) is 5.91 Å². The van der Waals surface area contributed by atoms with Gasteiger partial charge in [0.25, 0.3) is 0 Å². The fourth-order valence-electron chi connectivity index (χ4n) is 5.51. The van der Waals surface area contributed by atoms with E-state index in [1.807, 2.05) is 6.92 Å². The molecule has 6 nitrogen and oxygen atoms in total. The van der Waals surface area contributed by atoms with Crippen molar-refractivity contribution >= 4 is 34.4 Å². The van der Waals surface area contributed by atoms with E-state index in [1.165, 1.54) is 18.2 Å². The number of carbonyl (C=O) groups excluding carboxylic acids is 1. The lowest BCUT2D eigenvalue weighted by Crippen LogP contribution is -2.54. The Labute approximate surface area is 211 Å². The van der Waals surface area contributed by atoms with Gasteiger partial charge in [-0.15, -0.1) is 11.8 Å². The van der Waals surface area contributed by atoms with Gasteiger partial charge in [-0.3, -0.25) is 9.36 Å². The minimum absolute atomic E-state index is 0.0498. The van der Waals surface area contributed by atoms with Crippen LogP contribution in [0.5, 0.6) is 0 Å². The van der Waals surface area contributed by atoms with Crippen LogP contribution in [0.3, 0.4) is 0 Å². The number of carbonyl (C=O) groups is 1. The topological polar surface area (TPSA) is 58.4 Å². The zero-order valence-corrected chi connectivity index (χ0v) is 20.8. The monoisotopic (exact) mass is 508 g/mol. The number of anilines is 1. The SMILES string of the molecule is C=CC(=O)N1CCN(c2nc(=O)n3c4c(c(-c5ccc(F)cc5F)c(C5CC5)cc24)SCC3)[C@@H](C)C1. The largest absolute Gasteiger partial charge is 0.350 e. The maximum Gasteiger partial charge on any atom is 0.350 e. The van der Waals surface area contributed by atoms with Crippen LogP contribution in [0.1, 0.15) is 31.2 Å². The van der Waals surface area contributed by atoms with Crippen molar-refractivity contribution in [2.75, 3.05) is 30.3 Å². The van der Waals surface area contributed by atoms with Crippen LogP contribution in [0.4, 0.5) is 14.6 Å². The summed E-state index contributed by atoms with van der Waals surface area (Å²) in [5.41, 5.74) is 2.60. The molecular formula is C27H26F2N4O2S. The zero-order valence-electron chi connectivity index (χ0n) is 20.0. The number of halogens is 2.